The van der Waals surface area contributed by atoms with Crippen molar-refractivity contribution in [3.05, 3.63) is 48.6 Å². The van der Waals surface area contributed by atoms with Crippen molar-refractivity contribution in [3.63, 3.8) is 0 Å². The lowest BCUT2D eigenvalue weighted by molar-refractivity contribution is -0.121. The van der Waals surface area contributed by atoms with Gasteiger partial charge in [-0.3, -0.25) is 15.0 Å². The van der Waals surface area contributed by atoms with Gasteiger partial charge in [0.05, 0.1) is 13.2 Å². The van der Waals surface area contributed by atoms with E-state index in [0.29, 0.717) is 19.6 Å². The Morgan fingerprint density at radius 1 is 1.29 bits per heavy atom. The summed E-state index contributed by atoms with van der Waals surface area (Å²) in [6.07, 6.45) is 1.53. The summed E-state index contributed by atoms with van der Waals surface area (Å²) in [6.45, 7) is 4.64. The van der Waals surface area contributed by atoms with E-state index in [1.165, 1.54) is 6.08 Å². The molecule has 6 nitrogen and oxygen atoms in total. The van der Waals surface area contributed by atoms with Crippen LogP contribution in [0.5, 0.6) is 0 Å². The zero-order valence-corrected chi connectivity index (χ0v) is 11.9. The smallest absolute Gasteiger partial charge is 0.321 e. The Labute approximate surface area is 124 Å². The minimum atomic E-state index is -0.552. The molecule has 0 aromatic heterocycles. The lowest BCUT2D eigenvalue weighted by Gasteiger charge is -2.20. The fourth-order valence-corrected chi connectivity index (χ4v) is 1.78. The van der Waals surface area contributed by atoms with Gasteiger partial charge in [-0.15, -0.1) is 6.58 Å². The van der Waals surface area contributed by atoms with Gasteiger partial charge in [0.1, 0.15) is 0 Å². The lowest BCUT2D eigenvalue weighted by atomic mass is 10.2. The van der Waals surface area contributed by atoms with Crippen molar-refractivity contribution in [1.29, 1.82) is 0 Å². The molecular weight excluding hydrogens is 270 g/mol. The van der Waals surface area contributed by atoms with E-state index < -0.39 is 11.9 Å². The maximum absolute atomic E-state index is 11.8. The Kier molecular flexibility index (Phi) is 7.78. The van der Waals surface area contributed by atoms with Crippen LogP contribution in [0.25, 0.3) is 0 Å². The predicted octanol–water partition coefficient (Wildman–Crippen LogP) is 0.493. The van der Waals surface area contributed by atoms with Crippen LogP contribution < -0.4 is 10.6 Å². The maximum Gasteiger partial charge on any atom is 0.321 e. The summed E-state index contributed by atoms with van der Waals surface area (Å²) in [5, 5.41) is 13.8. The number of nitrogens with zero attached hydrogens (tertiary/aromatic N) is 1. The van der Waals surface area contributed by atoms with Crippen LogP contribution in [0.4, 0.5) is 4.79 Å². The molecule has 0 saturated heterocycles. The molecule has 1 aromatic carbocycles. The van der Waals surface area contributed by atoms with Gasteiger partial charge in [0, 0.05) is 19.6 Å². The molecule has 1 rings (SSSR count). The van der Waals surface area contributed by atoms with Gasteiger partial charge in [-0.05, 0) is 5.56 Å². The molecule has 0 aliphatic carbocycles. The summed E-state index contributed by atoms with van der Waals surface area (Å²) in [6, 6.07) is 9.07. The third kappa shape index (κ3) is 7.24. The fraction of sp³-hybridized carbons (Fsp3) is 0.333. The van der Waals surface area contributed by atoms with E-state index >= 15 is 0 Å². The van der Waals surface area contributed by atoms with Crippen LogP contribution in [0.15, 0.2) is 43.0 Å². The molecule has 0 radical (unpaired) electrons. The van der Waals surface area contributed by atoms with Gasteiger partial charge in [-0.25, -0.2) is 4.79 Å². The number of carbonyl (C=O) groups excluding carboxylic acids is 2. The monoisotopic (exact) mass is 291 g/mol. The molecule has 0 heterocycles. The Morgan fingerprint density at radius 2 is 2.00 bits per heavy atom. The second-order valence-electron chi connectivity index (χ2n) is 4.47. The number of urea groups is 1. The molecule has 3 amide bonds. The van der Waals surface area contributed by atoms with Crippen LogP contribution >= 0.6 is 0 Å². The van der Waals surface area contributed by atoms with Gasteiger partial charge in [0.25, 0.3) is 0 Å². The standard InChI is InChI=1S/C15H21N3O3/c1-2-8-16-15(21)17-14(20)12-18(9-10-19)11-13-6-4-3-5-7-13/h2-7,19H,1,8-12H2,(H2,16,17,20,21). The Morgan fingerprint density at radius 3 is 2.62 bits per heavy atom. The molecule has 0 saturated carbocycles. The molecule has 114 valence electrons. The molecule has 0 atom stereocenters. The quantitative estimate of drug-likeness (QED) is 0.609. The average molecular weight is 291 g/mol. The van der Waals surface area contributed by atoms with Gasteiger partial charge >= 0.3 is 6.03 Å². The number of aliphatic hydroxyl groups is 1. The second-order valence-corrected chi connectivity index (χ2v) is 4.47. The largest absolute Gasteiger partial charge is 0.395 e. The Bertz CT molecular complexity index is 462. The minimum absolute atomic E-state index is 0.0387. The third-order valence-electron chi connectivity index (χ3n) is 2.69. The molecule has 0 aliphatic rings. The van der Waals surface area contributed by atoms with Gasteiger partial charge in [-0.2, -0.15) is 0 Å². The van der Waals surface area contributed by atoms with Crippen LogP contribution in [0.1, 0.15) is 5.56 Å². The summed E-state index contributed by atoms with van der Waals surface area (Å²) in [4.78, 5) is 24.9. The molecule has 6 heteroatoms. The maximum atomic E-state index is 11.8. The minimum Gasteiger partial charge on any atom is -0.395 e. The molecule has 0 aliphatic heterocycles. The van der Waals surface area contributed by atoms with Gasteiger partial charge in [0.15, 0.2) is 0 Å². The number of carbonyl (C=O) groups is 2. The van der Waals surface area contributed by atoms with E-state index in [-0.39, 0.29) is 13.2 Å². The van der Waals surface area contributed by atoms with Crippen molar-refractivity contribution in [2.75, 3.05) is 26.2 Å². The zero-order valence-electron chi connectivity index (χ0n) is 11.9. The van der Waals surface area contributed by atoms with Crippen LogP contribution in [0, 0.1) is 0 Å². The van der Waals surface area contributed by atoms with Crippen LogP contribution in [-0.4, -0.2) is 48.2 Å². The van der Waals surface area contributed by atoms with E-state index in [0.717, 1.165) is 5.56 Å². The number of nitrogens with one attached hydrogen (secondary N) is 2. The first kappa shape index (κ1) is 16.9. The van der Waals surface area contributed by atoms with E-state index in [4.69, 9.17) is 5.11 Å². The fourth-order valence-electron chi connectivity index (χ4n) is 1.78. The van der Waals surface area contributed by atoms with Crippen molar-refractivity contribution < 1.29 is 14.7 Å². The normalized spacial score (nSPS) is 10.2. The highest BCUT2D eigenvalue weighted by Gasteiger charge is 2.13. The number of hydrogen-bond acceptors (Lipinski definition) is 4. The van der Waals surface area contributed by atoms with Crippen molar-refractivity contribution >= 4 is 11.9 Å². The molecule has 0 spiro atoms. The molecule has 0 bridgehead atoms. The van der Waals surface area contributed by atoms with Gasteiger partial charge < -0.3 is 10.4 Å². The first-order valence-electron chi connectivity index (χ1n) is 6.71. The SMILES string of the molecule is C=CCNC(=O)NC(=O)CN(CCO)Cc1ccccc1. The third-order valence-corrected chi connectivity index (χ3v) is 2.69. The Hall–Kier alpha value is -2.18. The van der Waals surface area contributed by atoms with Crippen molar-refractivity contribution in [1.82, 2.24) is 15.5 Å². The highest BCUT2D eigenvalue weighted by molar-refractivity contribution is 5.95. The number of aliphatic hydroxyl groups excluding tert-OH is 1. The number of amides is 3. The molecule has 21 heavy (non-hydrogen) atoms. The summed E-state index contributed by atoms with van der Waals surface area (Å²) in [7, 11) is 0. The lowest BCUT2D eigenvalue weighted by Crippen LogP contribution is -2.44. The molecule has 0 fully saturated rings. The topological polar surface area (TPSA) is 81.7 Å². The highest BCUT2D eigenvalue weighted by atomic mass is 16.3. The summed E-state index contributed by atoms with van der Waals surface area (Å²) in [5.74, 6) is -0.416. The van der Waals surface area contributed by atoms with E-state index in [1.54, 1.807) is 4.90 Å². The first-order chi connectivity index (χ1) is 10.2. The van der Waals surface area contributed by atoms with E-state index in [2.05, 4.69) is 17.2 Å². The number of rotatable bonds is 8. The second kappa shape index (κ2) is 9.68. The van der Waals surface area contributed by atoms with Crippen LogP contribution in [0.2, 0.25) is 0 Å². The van der Waals surface area contributed by atoms with Crippen LogP contribution in [0.3, 0.4) is 0 Å². The number of imide groups is 1. The number of benzene rings is 1. The molecule has 3 N–H and O–H groups in total. The molecule has 1 aromatic rings. The highest BCUT2D eigenvalue weighted by Crippen LogP contribution is 2.03. The Balaban J connectivity index is 2.47. The van der Waals surface area contributed by atoms with Crippen LogP contribution in [-0.2, 0) is 11.3 Å². The van der Waals surface area contributed by atoms with Gasteiger partial charge in [0.2, 0.25) is 5.91 Å². The van der Waals surface area contributed by atoms with Crippen molar-refractivity contribution in [2.45, 2.75) is 6.54 Å². The first-order valence-corrected chi connectivity index (χ1v) is 6.71. The van der Waals surface area contributed by atoms with Crippen molar-refractivity contribution in [3.8, 4) is 0 Å². The number of hydrogen-bond donors (Lipinski definition) is 3. The van der Waals surface area contributed by atoms with Gasteiger partial charge in [-0.1, -0.05) is 36.4 Å². The van der Waals surface area contributed by atoms with E-state index in [1.807, 2.05) is 30.3 Å². The summed E-state index contributed by atoms with van der Waals surface area (Å²) < 4.78 is 0. The average Bonchev–Trinajstić information content (AvgIpc) is 2.46. The van der Waals surface area contributed by atoms with Crippen molar-refractivity contribution in [2.24, 2.45) is 0 Å². The summed E-state index contributed by atoms with van der Waals surface area (Å²) >= 11 is 0. The van der Waals surface area contributed by atoms with E-state index in [9.17, 15) is 9.59 Å². The molecule has 0 unspecified atom stereocenters. The predicted molar refractivity (Wildman–Crippen MR) is 80.5 cm³/mol. The summed E-state index contributed by atoms with van der Waals surface area (Å²) in [5.41, 5.74) is 1.04. The zero-order chi connectivity index (χ0) is 15.5. The molecular formula is C15H21N3O3.